The molecule has 1 aromatic carbocycles. The third kappa shape index (κ3) is 3.20. The fourth-order valence-corrected chi connectivity index (χ4v) is 2.34. The third-order valence-corrected chi connectivity index (χ3v) is 3.19. The van der Waals surface area contributed by atoms with Crippen molar-refractivity contribution in [1.29, 1.82) is 0 Å². The lowest BCUT2D eigenvalue weighted by Crippen LogP contribution is -2.23. The van der Waals surface area contributed by atoms with E-state index < -0.39 is 10.8 Å². The summed E-state index contributed by atoms with van der Waals surface area (Å²) in [6, 6.07) is 7.62. The minimum atomic E-state index is -0.835. The van der Waals surface area contributed by atoms with Gasteiger partial charge in [-0.2, -0.15) is 0 Å². The van der Waals surface area contributed by atoms with Gasteiger partial charge in [0.25, 0.3) is 0 Å². The number of fused-ring (bicyclic) bond motifs is 1. The van der Waals surface area contributed by atoms with Crippen LogP contribution in [-0.2, 0) is 10.8 Å². The largest absolute Gasteiger partial charge is 0.350 e. The van der Waals surface area contributed by atoms with Gasteiger partial charge in [0, 0.05) is 28.9 Å². The van der Waals surface area contributed by atoms with E-state index in [1.54, 1.807) is 6.26 Å². The van der Waals surface area contributed by atoms with E-state index in [1.165, 1.54) is 0 Å². The second kappa shape index (κ2) is 5.18. The monoisotopic (exact) mass is 250 g/mol. The molecule has 1 N–H and O–H groups in total. The Balaban J connectivity index is 2.16. The van der Waals surface area contributed by atoms with Gasteiger partial charge in [-0.25, -0.2) is 4.98 Å². The first-order chi connectivity index (χ1) is 8.15. The molecule has 0 spiro atoms. The van der Waals surface area contributed by atoms with Crippen LogP contribution in [0.4, 0.5) is 5.95 Å². The fraction of sp³-hybridized carbons (Fsp3) is 0.364. The summed E-state index contributed by atoms with van der Waals surface area (Å²) in [5, 5.41) is 11.1. The molecule has 0 aliphatic heterocycles. The molecule has 2 rings (SSSR count). The van der Waals surface area contributed by atoms with Crippen molar-refractivity contribution in [3.63, 3.8) is 0 Å². The average molecular weight is 250 g/mol. The number of anilines is 1. The van der Waals surface area contributed by atoms with Gasteiger partial charge in [-0.05, 0) is 19.1 Å². The summed E-state index contributed by atoms with van der Waals surface area (Å²) >= 11 is 0. The van der Waals surface area contributed by atoms with Crippen LogP contribution in [-0.4, -0.2) is 37.4 Å². The zero-order chi connectivity index (χ0) is 12.3. The molecule has 0 aliphatic carbocycles. The van der Waals surface area contributed by atoms with Gasteiger partial charge in [0.05, 0.1) is 5.52 Å². The maximum Gasteiger partial charge on any atom is 0.243 e. The summed E-state index contributed by atoms with van der Waals surface area (Å²) in [7, 11) is -0.835. The van der Waals surface area contributed by atoms with E-state index in [9.17, 15) is 4.21 Å². The molecule has 2 atom stereocenters. The molecule has 90 valence electrons. The van der Waals surface area contributed by atoms with Gasteiger partial charge in [0.1, 0.15) is 5.52 Å². The predicted molar refractivity (Wildman–Crippen MR) is 69.4 cm³/mol. The number of hydrogen-bond donors (Lipinski definition) is 1. The highest BCUT2D eigenvalue weighted by molar-refractivity contribution is 7.84. The molecule has 17 heavy (non-hydrogen) atoms. The van der Waals surface area contributed by atoms with Gasteiger partial charge >= 0.3 is 0 Å². The lowest BCUT2D eigenvalue weighted by Gasteiger charge is -2.11. The highest BCUT2D eigenvalue weighted by Gasteiger charge is 2.07. The first-order valence-electron chi connectivity index (χ1n) is 5.31. The van der Waals surface area contributed by atoms with Crippen LogP contribution < -0.4 is 5.32 Å². The lowest BCUT2D eigenvalue weighted by molar-refractivity contribution is 0.682. The molecule has 0 bridgehead atoms. The van der Waals surface area contributed by atoms with Gasteiger partial charge in [-0.1, -0.05) is 12.1 Å². The van der Waals surface area contributed by atoms with Crippen molar-refractivity contribution in [3.8, 4) is 0 Å². The maximum absolute atomic E-state index is 11.1. The Morgan fingerprint density at radius 1 is 1.29 bits per heavy atom. The maximum atomic E-state index is 11.1. The van der Waals surface area contributed by atoms with Crippen molar-refractivity contribution >= 4 is 27.8 Å². The number of nitrogens with zero attached hydrogens (tertiary/aromatic N) is 3. The van der Waals surface area contributed by atoms with Crippen molar-refractivity contribution in [3.05, 3.63) is 24.3 Å². The Morgan fingerprint density at radius 2 is 2.00 bits per heavy atom. The number of para-hydroxylation sites is 1. The smallest absolute Gasteiger partial charge is 0.243 e. The Hall–Kier alpha value is -1.56. The molecule has 1 heterocycles. The minimum absolute atomic E-state index is 0.0591. The summed E-state index contributed by atoms with van der Waals surface area (Å²) in [4.78, 5) is 4.34. The van der Waals surface area contributed by atoms with Gasteiger partial charge in [0.15, 0.2) is 0 Å². The second-order valence-electron chi connectivity index (χ2n) is 3.91. The molecular weight excluding hydrogens is 236 g/mol. The summed E-state index contributed by atoms with van der Waals surface area (Å²) in [6.07, 6.45) is 1.68. The van der Waals surface area contributed by atoms with E-state index in [4.69, 9.17) is 0 Å². The zero-order valence-corrected chi connectivity index (χ0v) is 10.6. The zero-order valence-electron chi connectivity index (χ0n) is 9.75. The van der Waals surface area contributed by atoms with Crippen LogP contribution in [0, 0.1) is 0 Å². The van der Waals surface area contributed by atoms with Gasteiger partial charge in [-0.15, -0.1) is 10.2 Å². The third-order valence-electron chi connectivity index (χ3n) is 2.22. The number of benzene rings is 1. The summed E-state index contributed by atoms with van der Waals surface area (Å²) < 4.78 is 11.1. The van der Waals surface area contributed by atoms with Crippen molar-refractivity contribution < 1.29 is 4.21 Å². The molecule has 0 amide bonds. The first-order valence-corrected chi connectivity index (χ1v) is 7.04. The van der Waals surface area contributed by atoms with Crippen LogP contribution in [0.5, 0.6) is 0 Å². The normalized spacial score (nSPS) is 14.5. The molecule has 0 aliphatic rings. The van der Waals surface area contributed by atoms with Crippen molar-refractivity contribution in [2.75, 3.05) is 17.3 Å². The quantitative estimate of drug-likeness (QED) is 0.883. The van der Waals surface area contributed by atoms with Gasteiger partial charge in [0.2, 0.25) is 5.95 Å². The molecule has 2 aromatic rings. The Kier molecular flexibility index (Phi) is 3.63. The SMILES string of the molecule is CC(CS(C)=O)Nc1nnc2ccccc2n1. The molecule has 1 aromatic heterocycles. The Morgan fingerprint density at radius 3 is 2.71 bits per heavy atom. The standard InChI is InChI=1S/C11H14N4OS/c1-8(7-17(2)16)12-11-13-9-5-3-4-6-10(9)14-15-11/h3-6,8H,7H2,1-2H3,(H,12,13,15). The Labute approximate surface area is 102 Å². The van der Waals surface area contributed by atoms with Gasteiger partial charge < -0.3 is 5.32 Å². The topological polar surface area (TPSA) is 67.8 Å². The average Bonchev–Trinajstić information content (AvgIpc) is 2.27. The fourth-order valence-electron chi connectivity index (χ4n) is 1.56. The summed E-state index contributed by atoms with van der Waals surface area (Å²) in [5.74, 6) is 1.04. The highest BCUT2D eigenvalue weighted by atomic mass is 32.2. The number of hydrogen-bond acceptors (Lipinski definition) is 5. The van der Waals surface area contributed by atoms with Gasteiger partial charge in [-0.3, -0.25) is 4.21 Å². The summed E-state index contributed by atoms with van der Waals surface area (Å²) in [6.45, 7) is 1.94. The molecule has 0 radical (unpaired) electrons. The lowest BCUT2D eigenvalue weighted by atomic mass is 10.3. The highest BCUT2D eigenvalue weighted by Crippen LogP contribution is 2.09. The molecular formula is C11H14N4OS. The number of rotatable bonds is 4. The number of nitrogens with one attached hydrogen (secondary N) is 1. The molecule has 5 nitrogen and oxygen atoms in total. The Bertz CT molecular complexity index is 546. The molecule has 2 unspecified atom stereocenters. The molecule has 6 heteroatoms. The van der Waals surface area contributed by atoms with E-state index in [1.807, 2.05) is 31.2 Å². The van der Waals surface area contributed by atoms with Crippen LogP contribution in [0.1, 0.15) is 6.92 Å². The molecule has 0 saturated carbocycles. The summed E-state index contributed by atoms with van der Waals surface area (Å²) in [5.41, 5.74) is 1.57. The van der Waals surface area contributed by atoms with Crippen LogP contribution in [0.3, 0.4) is 0 Å². The van der Waals surface area contributed by atoms with Crippen LogP contribution >= 0.6 is 0 Å². The van der Waals surface area contributed by atoms with Crippen molar-refractivity contribution in [1.82, 2.24) is 15.2 Å². The first kappa shape index (κ1) is 11.9. The van der Waals surface area contributed by atoms with Crippen LogP contribution in [0.25, 0.3) is 11.0 Å². The van der Waals surface area contributed by atoms with E-state index in [0.29, 0.717) is 11.7 Å². The van der Waals surface area contributed by atoms with E-state index in [2.05, 4.69) is 20.5 Å². The van der Waals surface area contributed by atoms with Crippen molar-refractivity contribution in [2.24, 2.45) is 0 Å². The number of aromatic nitrogens is 3. The molecule has 0 fully saturated rings. The molecule has 0 saturated heterocycles. The second-order valence-corrected chi connectivity index (χ2v) is 5.39. The van der Waals surface area contributed by atoms with E-state index >= 15 is 0 Å². The van der Waals surface area contributed by atoms with Crippen LogP contribution in [0.15, 0.2) is 24.3 Å². The van der Waals surface area contributed by atoms with E-state index in [-0.39, 0.29) is 6.04 Å². The van der Waals surface area contributed by atoms with Crippen molar-refractivity contribution in [2.45, 2.75) is 13.0 Å². The minimum Gasteiger partial charge on any atom is -0.350 e. The van der Waals surface area contributed by atoms with Crippen LogP contribution in [0.2, 0.25) is 0 Å². The predicted octanol–water partition coefficient (Wildman–Crippen LogP) is 1.20. The van der Waals surface area contributed by atoms with E-state index in [0.717, 1.165) is 11.0 Å².